The van der Waals surface area contributed by atoms with Crippen molar-refractivity contribution < 1.29 is 24.1 Å². The van der Waals surface area contributed by atoms with E-state index in [0.717, 1.165) is 0 Å². The molecular weight excluding hydrogens is 188 g/mol. The Bertz CT molecular complexity index is 229. The molecule has 14 heavy (non-hydrogen) atoms. The minimum Gasteiger partial charge on any atom is -0.462 e. The van der Waals surface area contributed by atoms with E-state index in [1.807, 2.05) is 0 Å². The molecule has 1 N–H and O–H groups in total. The quantitative estimate of drug-likeness (QED) is 0.621. The van der Waals surface area contributed by atoms with E-state index in [1.54, 1.807) is 0 Å². The van der Waals surface area contributed by atoms with Crippen molar-refractivity contribution >= 4 is 5.97 Å². The zero-order chi connectivity index (χ0) is 10.1. The molecule has 0 unspecified atom stereocenters. The molecule has 2 rings (SSSR count). The third-order valence-corrected chi connectivity index (χ3v) is 2.83. The largest absolute Gasteiger partial charge is 0.462 e. The molecule has 5 nitrogen and oxygen atoms in total. The summed E-state index contributed by atoms with van der Waals surface area (Å²) in [6.45, 7) is -0.0995. The van der Waals surface area contributed by atoms with Gasteiger partial charge in [-0.05, 0) is 0 Å². The zero-order valence-corrected chi connectivity index (χ0v) is 8.01. The van der Waals surface area contributed by atoms with Gasteiger partial charge < -0.3 is 19.3 Å². The Labute approximate surface area is 81.9 Å². The molecule has 0 bridgehead atoms. The maximum atomic E-state index is 11.1. The maximum Gasteiger partial charge on any atom is 0.306 e. The summed E-state index contributed by atoms with van der Waals surface area (Å²) in [6, 6.07) is 0. The van der Waals surface area contributed by atoms with Crippen molar-refractivity contribution in [1.82, 2.24) is 0 Å². The average molecular weight is 202 g/mol. The normalized spacial score (nSPS) is 42.0. The van der Waals surface area contributed by atoms with Crippen molar-refractivity contribution in [2.45, 2.75) is 31.3 Å². The van der Waals surface area contributed by atoms with Gasteiger partial charge >= 0.3 is 5.97 Å². The number of aliphatic hydroxyl groups is 1. The van der Waals surface area contributed by atoms with Gasteiger partial charge in [0.05, 0.1) is 19.1 Å². The Hall–Kier alpha value is -0.650. The highest BCUT2D eigenvalue weighted by Gasteiger charge is 2.46. The van der Waals surface area contributed by atoms with Crippen LogP contribution >= 0.6 is 0 Å². The van der Waals surface area contributed by atoms with Crippen LogP contribution in [0.4, 0.5) is 0 Å². The molecule has 0 aliphatic carbocycles. The van der Waals surface area contributed by atoms with Gasteiger partial charge in [-0.25, -0.2) is 0 Å². The first kappa shape index (κ1) is 9.89. The predicted molar refractivity (Wildman–Crippen MR) is 45.4 cm³/mol. The lowest BCUT2D eigenvalue weighted by Crippen LogP contribution is -2.44. The smallest absolute Gasteiger partial charge is 0.306 e. The van der Waals surface area contributed by atoms with Crippen LogP contribution in [0.1, 0.15) is 12.8 Å². The van der Waals surface area contributed by atoms with E-state index >= 15 is 0 Å². The van der Waals surface area contributed by atoms with E-state index in [2.05, 4.69) is 0 Å². The average Bonchev–Trinajstić information content (AvgIpc) is 2.56. The van der Waals surface area contributed by atoms with Crippen molar-refractivity contribution in [3.05, 3.63) is 0 Å². The number of fused-ring (bicyclic) bond motifs is 1. The summed E-state index contributed by atoms with van der Waals surface area (Å²) in [7, 11) is 1.54. The summed E-state index contributed by atoms with van der Waals surface area (Å²) in [4.78, 5) is 11.1. The minimum atomic E-state index is -0.376. The maximum absolute atomic E-state index is 11.1. The SMILES string of the molecule is CO[C@H]1C[C@H]2OC(=O)C[C@H]2[C@H](CO)O1. The predicted octanol–water partition coefficient (Wildman–Crippen LogP) is -0.328. The molecular formula is C9H14O5. The van der Waals surface area contributed by atoms with Gasteiger partial charge in [-0.3, -0.25) is 4.79 Å². The van der Waals surface area contributed by atoms with Gasteiger partial charge in [0.15, 0.2) is 6.29 Å². The monoisotopic (exact) mass is 202 g/mol. The number of hydrogen-bond acceptors (Lipinski definition) is 5. The second kappa shape index (κ2) is 3.84. The third kappa shape index (κ3) is 1.63. The molecule has 2 heterocycles. The highest BCUT2D eigenvalue weighted by molar-refractivity contribution is 5.72. The standard InChI is InChI=1S/C9H14O5/c1-12-9-3-6-5(2-8(11)13-6)7(4-10)14-9/h5-7,9-10H,2-4H2,1H3/t5-,6-,7+,9-/m1/s1. The van der Waals surface area contributed by atoms with E-state index in [-0.39, 0.29) is 37.0 Å². The number of methoxy groups -OCH3 is 1. The van der Waals surface area contributed by atoms with E-state index in [0.29, 0.717) is 12.8 Å². The van der Waals surface area contributed by atoms with Crippen molar-refractivity contribution in [2.75, 3.05) is 13.7 Å². The Balaban J connectivity index is 2.07. The van der Waals surface area contributed by atoms with Gasteiger partial charge in [0.1, 0.15) is 6.10 Å². The Morgan fingerprint density at radius 2 is 2.43 bits per heavy atom. The van der Waals surface area contributed by atoms with Crippen LogP contribution in [0.3, 0.4) is 0 Å². The van der Waals surface area contributed by atoms with E-state index in [9.17, 15) is 4.79 Å². The highest BCUT2D eigenvalue weighted by atomic mass is 16.7. The van der Waals surface area contributed by atoms with Crippen LogP contribution in [0.5, 0.6) is 0 Å². The van der Waals surface area contributed by atoms with E-state index in [4.69, 9.17) is 19.3 Å². The van der Waals surface area contributed by atoms with Crippen molar-refractivity contribution in [3.8, 4) is 0 Å². The molecule has 5 heteroatoms. The summed E-state index contributed by atoms with van der Waals surface area (Å²) >= 11 is 0. The molecule has 0 aromatic carbocycles. The Morgan fingerprint density at radius 1 is 1.64 bits per heavy atom. The Morgan fingerprint density at radius 3 is 3.07 bits per heavy atom. The Kier molecular flexibility index (Phi) is 2.71. The third-order valence-electron chi connectivity index (χ3n) is 2.83. The fraction of sp³-hybridized carbons (Fsp3) is 0.889. The molecule has 0 saturated carbocycles. The lowest BCUT2D eigenvalue weighted by atomic mass is 9.90. The molecule has 0 aromatic heterocycles. The van der Waals surface area contributed by atoms with Crippen LogP contribution in [0, 0.1) is 5.92 Å². The second-order valence-corrected chi connectivity index (χ2v) is 3.65. The minimum absolute atomic E-state index is 0.0149. The first-order valence-corrected chi connectivity index (χ1v) is 4.73. The van der Waals surface area contributed by atoms with E-state index in [1.165, 1.54) is 7.11 Å². The van der Waals surface area contributed by atoms with Crippen LogP contribution in [0.15, 0.2) is 0 Å². The topological polar surface area (TPSA) is 65.0 Å². The second-order valence-electron chi connectivity index (χ2n) is 3.65. The summed E-state index contributed by atoms with van der Waals surface area (Å²) in [5.74, 6) is -0.224. The molecule has 2 aliphatic rings. The molecule has 4 atom stereocenters. The molecule has 2 fully saturated rings. The van der Waals surface area contributed by atoms with Gasteiger partial charge in [0.2, 0.25) is 0 Å². The highest BCUT2D eigenvalue weighted by Crippen LogP contribution is 2.35. The number of aliphatic hydroxyl groups excluding tert-OH is 1. The fourth-order valence-corrected chi connectivity index (χ4v) is 2.09. The fourth-order valence-electron chi connectivity index (χ4n) is 2.09. The summed E-state index contributed by atoms with van der Waals surface area (Å²) < 4.78 is 15.6. The summed E-state index contributed by atoms with van der Waals surface area (Å²) in [5, 5.41) is 9.09. The van der Waals surface area contributed by atoms with Crippen LogP contribution in [0.2, 0.25) is 0 Å². The molecule has 0 amide bonds. The van der Waals surface area contributed by atoms with Crippen LogP contribution in [-0.2, 0) is 19.0 Å². The van der Waals surface area contributed by atoms with Crippen LogP contribution < -0.4 is 0 Å². The van der Waals surface area contributed by atoms with E-state index < -0.39 is 0 Å². The number of hydrogen-bond donors (Lipinski definition) is 1. The van der Waals surface area contributed by atoms with Crippen LogP contribution in [-0.4, -0.2) is 43.3 Å². The number of carbonyl (C=O) groups excluding carboxylic acids is 1. The van der Waals surface area contributed by atoms with Crippen molar-refractivity contribution in [2.24, 2.45) is 5.92 Å². The number of rotatable bonds is 2. The van der Waals surface area contributed by atoms with Crippen molar-refractivity contribution in [3.63, 3.8) is 0 Å². The molecule has 0 radical (unpaired) electrons. The molecule has 0 spiro atoms. The number of esters is 1. The van der Waals surface area contributed by atoms with Gasteiger partial charge in [0, 0.05) is 19.4 Å². The molecule has 2 saturated heterocycles. The summed E-state index contributed by atoms with van der Waals surface area (Å²) in [6.07, 6.45) is 0.0261. The molecule has 0 aromatic rings. The first-order chi connectivity index (χ1) is 6.74. The van der Waals surface area contributed by atoms with Crippen LogP contribution in [0.25, 0.3) is 0 Å². The lowest BCUT2D eigenvalue weighted by Gasteiger charge is -2.35. The summed E-state index contributed by atoms with van der Waals surface area (Å²) in [5.41, 5.74) is 0. The number of ether oxygens (including phenoxy) is 3. The van der Waals surface area contributed by atoms with Gasteiger partial charge in [-0.15, -0.1) is 0 Å². The number of carbonyl (C=O) groups is 1. The van der Waals surface area contributed by atoms with Gasteiger partial charge in [-0.2, -0.15) is 0 Å². The lowest BCUT2D eigenvalue weighted by molar-refractivity contribution is -0.224. The molecule has 2 aliphatic heterocycles. The molecule has 80 valence electrons. The van der Waals surface area contributed by atoms with Gasteiger partial charge in [0.25, 0.3) is 0 Å². The zero-order valence-electron chi connectivity index (χ0n) is 8.01. The first-order valence-electron chi connectivity index (χ1n) is 4.73. The van der Waals surface area contributed by atoms with Crippen molar-refractivity contribution in [1.29, 1.82) is 0 Å². The van der Waals surface area contributed by atoms with Gasteiger partial charge in [-0.1, -0.05) is 0 Å².